The topological polar surface area (TPSA) is 105 Å². The van der Waals surface area contributed by atoms with Gasteiger partial charge in [0.1, 0.15) is 12.6 Å². The van der Waals surface area contributed by atoms with Crippen molar-refractivity contribution in [1.82, 2.24) is 10.2 Å². The van der Waals surface area contributed by atoms with Gasteiger partial charge in [0.15, 0.2) is 11.5 Å². The van der Waals surface area contributed by atoms with E-state index in [1.807, 2.05) is 70.2 Å². The minimum absolute atomic E-state index is 0.0134. The highest BCUT2D eigenvalue weighted by molar-refractivity contribution is 7.92. The quantitative estimate of drug-likeness (QED) is 0.166. The Labute approximate surface area is 288 Å². The first-order valence-corrected chi connectivity index (χ1v) is 17.4. The number of amides is 2. The number of nitrogens with zero attached hydrogens (tertiary/aromatic N) is 2. The summed E-state index contributed by atoms with van der Waals surface area (Å²) in [4.78, 5) is 29.9. The van der Waals surface area contributed by atoms with Crippen LogP contribution in [-0.2, 0) is 32.6 Å². The second-order valence-corrected chi connectivity index (χ2v) is 14.2. The zero-order chi connectivity index (χ0) is 35.0. The van der Waals surface area contributed by atoms with Crippen molar-refractivity contribution in [3.63, 3.8) is 0 Å². The molecule has 0 aliphatic heterocycles. The number of carbonyl (C=O) groups is 2. The summed E-state index contributed by atoms with van der Waals surface area (Å²) < 4.78 is 40.8. The Morgan fingerprint density at radius 2 is 1.46 bits per heavy atom. The van der Waals surface area contributed by atoms with Crippen molar-refractivity contribution in [2.24, 2.45) is 0 Å². The van der Waals surface area contributed by atoms with Crippen molar-refractivity contribution in [3.8, 4) is 11.5 Å². The van der Waals surface area contributed by atoms with Crippen molar-refractivity contribution < 1.29 is 27.5 Å². The number of nitrogens with one attached hydrogen (secondary N) is 1. The second kappa shape index (κ2) is 16.0. The molecule has 0 heterocycles. The van der Waals surface area contributed by atoms with Gasteiger partial charge in [-0.05, 0) is 86.3 Å². The lowest BCUT2D eigenvalue weighted by Crippen LogP contribution is -2.54. The number of hydrogen-bond donors (Lipinski definition) is 1. The summed E-state index contributed by atoms with van der Waals surface area (Å²) >= 11 is 6.33. The molecule has 0 aliphatic rings. The largest absolute Gasteiger partial charge is 0.493 e. The summed E-state index contributed by atoms with van der Waals surface area (Å²) in [6, 6.07) is 24.9. The number of methoxy groups -OCH3 is 2. The lowest BCUT2D eigenvalue weighted by atomic mass is 10.0. The SMILES string of the molecule is COc1ccc(S(=O)(=O)N(CC(=O)N(Cc2cccc(Cl)c2)C(Cc2ccccc2)C(=O)NC(C)C)c2cc(C)cc(C)c2)cc1OC. The second-order valence-electron chi connectivity index (χ2n) is 11.9. The average Bonchev–Trinajstić information content (AvgIpc) is 3.04. The molecule has 0 saturated heterocycles. The van der Waals surface area contributed by atoms with E-state index in [1.54, 1.807) is 30.3 Å². The maximum atomic E-state index is 14.7. The van der Waals surface area contributed by atoms with Crippen molar-refractivity contribution in [3.05, 3.63) is 118 Å². The molecule has 1 N–H and O–H groups in total. The lowest BCUT2D eigenvalue weighted by molar-refractivity contribution is -0.140. The van der Waals surface area contributed by atoms with E-state index >= 15 is 0 Å². The van der Waals surface area contributed by atoms with E-state index in [-0.39, 0.29) is 35.6 Å². The molecule has 9 nitrogen and oxygen atoms in total. The highest BCUT2D eigenvalue weighted by atomic mass is 35.5. The Hall–Kier alpha value is -4.54. The molecule has 0 radical (unpaired) electrons. The summed E-state index contributed by atoms with van der Waals surface area (Å²) in [6.45, 7) is 6.84. The summed E-state index contributed by atoms with van der Waals surface area (Å²) in [7, 11) is -1.47. The minimum atomic E-state index is -4.35. The van der Waals surface area contributed by atoms with E-state index in [2.05, 4.69) is 5.32 Å². The molecular weight excluding hydrogens is 650 g/mol. The Balaban J connectivity index is 1.86. The van der Waals surface area contributed by atoms with Crippen LogP contribution in [-0.4, -0.2) is 58.0 Å². The minimum Gasteiger partial charge on any atom is -0.493 e. The first kappa shape index (κ1) is 36.3. The van der Waals surface area contributed by atoms with Gasteiger partial charge < -0.3 is 19.7 Å². The number of aryl methyl sites for hydroxylation is 2. The number of anilines is 1. The number of halogens is 1. The molecule has 0 bridgehead atoms. The van der Waals surface area contributed by atoms with Gasteiger partial charge in [0.05, 0.1) is 24.8 Å². The van der Waals surface area contributed by atoms with Crippen molar-refractivity contribution in [1.29, 1.82) is 0 Å². The van der Waals surface area contributed by atoms with Crippen LogP contribution in [0.5, 0.6) is 11.5 Å². The Morgan fingerprint density at radius 3 is 2.06 bits per heavy atom. The number of carbonyl (C=O) groups excluding carboxylic acids is 2. The van der Waals surface area contributed by atoms with E-state index < -0.39 is 28.5 Å². The van der Waals surface area contributed by atoms with Crippen LogP contribution in [0.2, 0.25) is 5.02 Å². The molecule has 0 aromatic heterocycles. The van der Waals surface area contributed by atoms with Gasteiger partial charge >= 0.3 is 0 Å². The fourth-order valence-corrected chi connectivity index (χ4v) is 7.12. The molecule has 1 atom stereocenters. The van der Waals surface area contributed by atoms with Crippen LogP contribution in [0, 0.1) is 13.8 Å². The van der Waals surface area contributed by atoms with Gasteiger partial charge in [-0.2, -0.15) is 0 Å². The third-order valence-corrected chi connectivity index (χ3v) is 9.67. The van der Waals surface area contributed by atoms with Gasteiger partial charge in [-0.25, -0.2) is 8.42 Å². The molecule has 1 unspecified atom stereocenters. The van der Waals surface area contributed by atoms with Gasteiger partial charge in [-0.1, -0.05) is 60.1 Å². The first-order chi connectivity index (χ1) is 22.8. The van der Waals surface area contributed by atoms with Gasteiger partial charge in [0.2, 0.25) is 11.8 Å². The fraction of sp³-hybridized carbons (Fsp3) is 0.297. The Bertz CT molecular complexity index is 1830. The highest BCUT2D eigenvalue weighted by Gasteiger charge is 2.35. The Morgan fingerprint density at radius 1 is 0.812 bits per heavy atom. The van der Waals surface area contributed by atoms with Crippen molar-refractivity contribution in [2.75, 3.05) is 25.1 Å². The fourth-order valence-electron chi connectivity index (χ4n) is 5.49. The van der Waals surface area contributed by atoms with Gasteiger partial charge in [0.25, 0.3) is 10.0 Å². The summed E-state index contributed by atoms with van der Waals surface area (Å²) in [5.41, 5.74) is 3.48. The number of sulfonamides is 1. The summed E-state index contributed by atoms with van der Waals surface area (Å²) in [5.74, 6) is -0.345. The van der Waals surface area contributed by atoms with Crippen molar-refractivity contribution >= 4 is 39.1 Å². The predicted octanol–water partition coefficient (Wildman–Crippen LogP) is 6.33. The van der Waals surface area contributed by atoms with Crippen LogP contribution < -0.4 is 19.1 Å². The van der Waals surface area contributed by atoms with Crippen LogP contribution in [0.15, 0.2) is 95.9 Å². The zero-order valence-corrected chi connectivity index (χ0v) is 29.6. The Kier molecular flexibility index (Phi) is 12.1. The van der Waals surface area contributed by atoms with E-state index in [4.69, 9.17) is 21.1 Å². The normalized spacial score (nSPS) is 11.9. The number of benzene rings is 4. The van der Waals surface area contributed by atoms with Crippen LogP contribution in [0.4, 0.5) is 5.69 Å². The molecule has 2 amide bonds. The van der Waals surface area contributed by atoms with E-state index in [1.165, 1.54) is 37.3 Å². The smallest absolute Gasteiger partial charge is 0.264 e. The molecule has 0 saturated carbocycles. The van der Waals surface area contributed by atoms with Gasteiger partial charge in [0, 0.05) is 30.1 Å². The first-order valence-electron chi connectivity index (χ1n) is 15.5. The van der Waals surface area contributed by atoms with Crippen LogP contribution >= 0.6 is 11.6 Å². The molecule has 4 aromatic rings. The van der Waals surface area contributed by atoms with E-state index in [0.717, 1.165) is 21.0 Å². The highest BCUT2D eigenvalue weighted by Crippen LogP contribution is 2.33. The molecule has 0 aliphatic carbocycles. The maximum Gasteiger partial charge on any atom is 0.264 e. The molecular formula is C37H42ClN3O6S. The van der Waals surface area contributed by atoms with Gasteiger partial charge in [-0.3, -0.25) is 13.9 Å². The zero-order valence-electron chi connectivity index (χ0n) is 28.1. The third kappa shape index (κ3) is 9.08. The van der Waals surface area contributed by atoms with Crippen LogP contribution in [0.25, 0.3) is 0 Å². The monoisotopic (exact) mass is 691 g/mol. The molecule has 4 rings (SSSR count). The molecule has 4 aromatic carbocycles. The van der Waals surface area contributed by atoms with Gasteiger partial charge in [-0.15, -0.1) is 0 Å². The third-order valence-electron chi connectivity index (χ3n) is 7.66. The predicted molar refractivity (Wildman–Crippen MR) is 189 cm³/mol. The average molecular weight is 692 g/mol. The number of hydrogen-bond acceptors (Lipinski definition) is 6. The molecule has 11 heteroatoms. The van der Waals surface area contributed by atoms with Crippen LogP contribution in [0.3, 0.4) is 0 Å². The van der Waals surface area contributed by atoms with E-state index in [0.29, 0.717) is 22.0 Å². The number of ether oxygens (including phenoxy) is 2. The van der Waals surface area contributed by atoms with Crippen LogP contribution in [0.1, 0.15) is 36.1 Å². The molecule has 48 heavy (non-hydrogen) atoms. The van der Waals surface area contributed by atoms with Crippen molar-refractivity contribution in [2.45, 2.75) is 57.6 Å². The standard InChI is InChI=1S/C37H42ClN3O6S/c1-25(2)39-37(43)33(21-28-11-8-7-9-12-28)40(23-29-13-10-14-30(38)20-29)36(42)24-41(31-18-26(3)17-27(4)19-31)48(44,45)32-15-16-34(46-5)35(22-32)47-6/h7-20,22,25,33H,21,23-24H2,1-6H3,(H,39,43). The summed E-state index contributed by atoms with van der Waals surface area (Å²) in [5, 5.41) is 3.43. The molecule has 254 valence electrons. The van der Waals surface area contributed by atoms with E-state index in [9.17, 15) is 18.0 Å². The number of rotatable bonds is 14. The lowest BCUT2D eigenvalue weighted by Gasteiger charge is -2.34. The molecule has 0 spiro atoms. The maximum absolute atomic E-state index is 14.7. The molecule has 0 fully saturated rings. The summed E-state index contributed by atoms with van der Waals surface area (Å²) in [6.07, 6.45) is 0.206.